The van der Waals surface area contributed by atoms with Crippen LogP contribution in [0.1, 0.15) is 26.2 Å². The van der Waals surface area contributed by atoms with Crippen molar-refractivity contribution in [1.82, 2.24) is 15.1 Å². The van der Waals surface area contributed by atoms with E-state index in [0.29, 0.717) is 0 Å². The maximum Gasteiger partial charge on any atom is 0.0568 e. The molecule has 0 unspecified atom stereocenters. The Balaban J connectivity index is 1.75. The summed E-state index contributed by atoms with van der Waals surface area (Å²) in [5.41, 5.74) is 2.43. The van der Waals surface area contributed by atoms with Gasteiger partial charge in [-0.15, -0.1) is 0 Å². The molecule has 0 fully saturated rings. The van der Waals surface area contributed by atoms with Crippen molar-refractivity contribution in [2.24, 2.45) is 0 Å². The predicted octanol–water partition coefficient (Wildman–Crippen LogP) is 3.33. The first-order chi connectivity index (χ1) is 9.40. The summed E-state index contributed by atoms with van der Waals surface area (Å²) in [4.78, 5) is 0. The van der Waals surface area contributed by atoms with Gasteiger partial charge in [0, 0.05) is 18.3 Å². The van der Waals surface area contributed by atoms with Crippen LogP contribution in [0, 0.1) is 0 Å². The van der Waals surface area contributed by atoms with Gasteiger partial charge in [-0.05, 0) is 37.9 Å². The molecule has 0 spiro atoms. The topological polar surface area (TPSA) is 29.9 Å². The van der Waals surface area contributed by atoms with Gasteiger partial charge < -0.3 is 5.32 Å². The van der Waals surface area contributed by atoms with Crippen LogP contribution in [-0.4, -0.2) is 22.9 Å². The van der Waals surface area contributed by atoms with Gasteiger partial charge in [-0.2, -0.15) is 5.10 Å². The number of benzene rings is 1. The number of hydrogen-bond acceptors (Lipinski definition) is 2. The Morgan fingerprint density at radius 1 is 1.05 bits per heavy atom. The zero-order valence-corrected chi connectivity index (χ0v) is 11.7. The van der Waals surface area contributed by atoms with Gasteiger partial charge in [0.05, 0.1) is 6.20 Å². The molecule has 2 rings (SSSR count). The Kier molecular flexibility index (Phi) is 5.63. The molecular weight excluding hydrogens is 234 g/mol. The normalized spacial score (nSPS) is 10.8. The molecule has 1 N–H and O–H groups in total. The van der Waals surface area contributed by atoms with Crippen LogP contribution in [-0.2, 0) is 6.54 Å². The van der Waals surface area contributed by atoms with Crippen molar-refractivity contribution in [2.75, 3.05) is 13.1 Å². The Bertz CT molecular complexity index is 462. The number of nitrogens with zero attached hydrogens (tertiary/aromatic N) is 2. The van der Waals surface area contributed by atoms with E-state index in [0.717, 1.165) is 19.6 Å². The first-order valence-corrected chi connectivity index (χ1v) is 7.18. The number of aryl methyl sites for hydroxylation is 1. The molecule has 2 aromatic rings. The van der Waals surface area contributed by atoms with E-state index in [1.165, 1.54) is 30.4 Å². The molecule has 0 atom stereocenters. The van der Waals surface area contributed by atoms with Gasteiger partial charge in [0.25, 0.3) is 0 Å². The maximum atomic E-state index is 4.42. The van der Waals surface area contributed by atoms with E-state index in [4.69, 9.17) is 0 Å². The summed E-state index contributed by atoms with van der Waals surface area (Å²) in [5.74, 6) is 0. The van der Waals surface area contributed by atoms with Crippen molar-refractivity contribution in [3.8, 4) is 11.1 Å². The number of aromatic nitrogens is 2. The lowest BCUT2D eigenvalue weighted by Gasteiger charge is -2.03. The zero-order valence-electron chi connectivity index (χ0n) is 11.7. The second-order valence-electron chi connectivity index (χ2n) is 4.82. The molecule has 19 heavy (non-hydrogen) atoms. The van der Waals surface area contributed by atoms with Crippen molar-refractivity contribution in [2.45, 2.75) is 32.7 Å². The minimum Gasteiger partial charge on any atom is -0.317 e. The van der Waals surface area contributed by atoms with E-state index in [1.807, 2.05) is 16.9 Å². The summed E-state index contributed by atoms with van der Waals surface area (Å²) in [5, 5.41) is 7.85. The zero-order chi connectivity index (χ0) is 13.3. The van der Waals surface area contributed by atoms with Crippen LogP contribution in [0.4, 0.5) is 0 Å². The van der Waals surface area contributed by atoms with E-state index in [9.17, 15) is 0 Å². The molecule has 0 amide bonds. The lowest BCUT2D eigenvalue weighted by molar-refractivity contribution is 0.535. The number of unbranched alkanes of at least 4 members (excludes halogenated alkanes) is 1. The van der Waals surface area contributed by atoms with Crippen molar-refractivity contribution < 1.29 is 0 Å². The fourth-order valence-electron chi connectivity index (χ4n) is 2.09. The molecule has 0 aliphatic rings. The lowest BCUT2D eigenvalue weighted by Crippen LogP contribution is -2.16. The van der Waals surface area contributed by atoms with Crippen molar-refractivity contribution in [3.63, 3.8) is 0 Å². The van der Waals surface area contributed by atoms with Gasteiger partial charge in [0.2, 0.25) is 0 Å². The second kappa shape index (κ2) is 7.74. The Morgan fingerprint density at radius 2 is 1.89 bits per heavy atom. The van der Waals surface area contributed by atoms with E-state index in [1.54, 1.807) is 0 Å². The number of hydrogen-bond donors (Lipinski definition) is 1. The molecule has 3 heteroatoms. The van der Waals surface area contributed by atoms with Gasteiger partial charge in [0.1, 0.15) is 0 Å². The molecule has 1 aromatic heterocycles. The summed E-state index contributed by atoms with van der Waals surface area (Å²) in [6.45, 7) is 5.43. The third kappa shape index (κ3) is 4.52. The van der Waals surface area contributed by atoms with Crippen LogP contribution < -0.4 is 5.32 Å². The molecule has 0 saturated carbocycles. The smallest absolute Gasteiger partial charge is 0.0568 e. The van der Waals surface area contributed by atoms with Gasteiger partial charge in [-0.3, -0.25) is 4.68 Å². The predicted molar refractivity (Wildman–Crippen MR) is 80.1 cm³/mol. The van der Waals surface area contributed by atoms with Crippen molar-refractivity contribution >= 4 is 0 Å². The Hall–Kier alpha value is -1.61. The minimum absolute atomic E-state index is 1.00. The number of rotatable bonds is 8. The van der Waals surface area contributed by atoms with E-state index in [-0.39, 0.29) is 0 Å². The summed E-state index contributed by atoms with van der Waals surface area (Å²) >= 11 is 0. The third-order valence-electron chi connectivity index (χ3n) is 3.16. The molecule has 3 nitrogen and oxygen atoms in total. The molecule has 0 aliphatic heterocycles. The third-order valence-corrected chi connectivity index (χ3v) is 3.16. The minimum atomic E-state index is 1.00. The monoisotopic (exact) mass is 257 g/mol. The highest BCUT2D eigenvalue weighted by Gasteiger charge is 2.00. The fraction of sp³-hybridized carbons (Fsp3) is 0.438. The van der Waals surface area contributed by atoms with E-state index in [2.05, 4.69) is 47.8 Å². The van der Waals surface area contributed by atoms with Gasteiger partial charge in [-0.1, -0.05) is 37.3 Å². The maximum absolute atomic E-state index is 4.42. The summed E-state index contributed by atoms with van der Waals surface area (Å²) in [6.07, 6.45) is 7.67. The molecule has 102 valence electrons. The lowest BCUT2D eigenvalue weighted by atomic mass is 10.1. The summed E-state index contributed by atoms with van der Waals surface area (Å²) < 4.78 is 2.04. The quantitative estimate of drug-likeness (QED) is 0.735. The molecule has 0 bridgehead atoms. The van der Waals surface area contributed by atoms with Crippen LogP contribution in [0.5, 0.6) is 0 Å². The molecular formula is C16H23N3. The van der Waals surface area contributed by atoms with Crippen LogP contribution in [0.3, 0.4) is 0 Å². The molecule has 1 aromatic carbocycles. The highest BCUT2D eigenvalue weighted by atomic mass is 15.3. The largest absolute Gasteiger partial charge is 0.317 e. The second-order valence-corrected chi connectivity index (χ2v) is 4.82. The summed E-state index contributed by atoms with van der Waals surface area (Å²) in [7, 11) is 0. The first kappa shape index (κ1) is 13.8. The fourth-order valence-corrected chi connectivity index (χ4v) is 2.09. The SMILES string of the molecule is CCCNCCCCn1cc(-c2ccccc2)cn1. The average molecular weight is 257 g/mol. The molecule has 0 saturated heterocycles. The highest BCUT2D eigenvalue weighted by Crippen LogP contribution is 2.17. The van der Waals surface area contributed by atoms with Crippen LogP contribution in [0.25, 0.3) is 11.1 Å². The van der Waals surface area contributed by atoms with Crippen molar-refractivity contribution in [3.05, 3.63) is 42.7 Å². The Labute approximate surface area is 115 Å². The average Bonchev–Trinajstić information content (AvgIpc) is 2.92. The molecule has 1 heterocycles. The van der Waals surface area contributed by atoms with E-state index < -0.39 is 0 Å². The number of nitrogens with one attached hydrogen (secondary N) is 1. The van der Waals surface area contributed by atoms with Gasteiger partial charge >= 0.3 is 0 Å². The molecule has 0 aliphatic carbocycles. The first-order valence-electron chi connectivity index (χ1n) is 7.18. The van der Waals surface area contributed by atoms with Gasteiger partial charge in [0.15, 0.2) is 0 Å². The van der Waals surface area contributed by atoms with E-state index >= 15 is 0 Å². The Morgan fingerprint density at radius 3 is 2.68 bits per heavy atom. The van der Waals surface area contributed by atoms with Crippen LogP contribution >= 0.6 is 0 Å². The standard InChI is InChI=1S/C16H23N3/c1-2-10-17-11-6-7-12-19-14-16(13-18-19)15-8-4-3-5-9-15/h3-5,8-9,13-14,17H,2,6-7,10-12H2,1H3. The molecule has 0 radical (unpaired) electrons. The van der Waals surface area contributed by atoms with Crippen molar-refractivity contribution in [1.29, 1.82) is 0 Å². The highest BCUT2D eigenvalue weighted by molar-refractivity contribution is 5.61. The van der Waals surface area contributed by atoms with Gasteiger partial charge in [-0.25, -0.2) is 0 Å². The van der Waals surface area contributed by atoms with Crippen LogP contribution in [0.15, 0.2) is 42.7 Å². The summed E-state index contributed by atoms with van der Waals surface area (Å²) in [6, 6.07) is 10.4. The van der Waals surface area contributed by atoms with Crippen LogP contribution in [0.2, 0.25) is 0 Å².